The molecule has 0 unspecified atom stereocenters. The van der Waals surface area contributed by atoms with Gasteiger partial charge in [0.15, 0.2) is 0 Å². The molecule has 29 heavy (non-hydrogen) atoms. The molecule has 0 aromatic heterocycles. The van der Waals surface area contributed by atoms with E-state index in [9.17, 15) is 5.11 Å². The number of hydrogen-bond acceptors (Lipinski definition) is 5. The minimum atomic E-state index is -0.272. The number of rotatable bonds is 4. The van der Waals surface area contributed by atoms with Gasteiger partial charge >= 0.3 is 0 Å². The van der Waals surface area contributed by atoms with Crippen molar-refractivity contribution < 1.29 is 9.84 Å². The van der Waals surface area contributed by atoms with E-state index in [1.165, 1.54) is 5.69 Å². The fraction of sp³-hybridized carbons (Fsp3) is 0.455. The van der Waals surface area contributed by atoms with Crippen molar-refractivity contribution in [2.45, 2.75) is 31.1 Å². The third-order valence-electron chi connectivity index (χ3n) is 6.25. The summed E-state index contributed by atoms with van der Waals surface area (Å²) in [4.78, 5) is 4.63. The lowest BCUT2D eigenvalue weighted by Gasteiger charge is -2.30. The number of hydrogen-bond donors (Lipinski definition) is 2. The van der Waals surface area contributed by atoms with E-state index in [2.05, 4.69) is 27.2 Å². The molecule has 0 saturated carbocycles. The van der Waals surface area contributed by atoms with E-state index in [1.807, 2.05) is 18.2 Å². The second-order valence-electron chi connectivity index (χ2n) is 8.12. The molecule has 3 aliphatic rings. The molecule has 7 heteroatoms. The van der Waals surface area contributed by atoms with Gasteiger partial charge in [0.25, 0.3) is 0 Å². The van der Waals surface area contributed by atoms with Crippen LogP contribution in [-0.2, 0) is 6.42 Å². The summed E-state index contributed by atoms with van der Waals surface area (Å²) in [6.07, 6.45) is 1.17. The molecule has 2 aromatic rings. The number of fused-ring (bicyclic) bond motifs is 1. The van der Waals surface area contributed by atoms with E-state index in [0.717, 1.165) is 56.0 Å². The maximum atomic E-state index is 10.0. The molecule has 2 fully saturated rings. The molecule has 154 valence electrons. The van der Waals surface area contributed by atoms with Gasteiger partial charge in [-0.15, -0.1) is 0 Å². The molecule has 0 amide bonds. The van der Waals surface area contributed by atoms with E-state index in [1.54, 1.807) is 6.07 Å². The number of nitrogens with zero attached hydrogens (tertiary/aromatic N) is 2. The highest BCUT2D eigenvalue weighted by atomic mass is 35.5. The maximum Gasteiger partial charge on any atom is 0.140 e. The predicted molar refractivity (Wildman–Crippen MR) is 116 cm³/mol. The van der Waals surface area contributed by atoms with E-state index in [-0.39, 0.29) is 18.2 Å². The first-order valence-electron chi connectivity index (χ1n) is 10.2. The number of anilines is 1. The molecule has 3 atom stereocenters. The number of benzene rings is 2. The van der Waals surface area contributed by atoms with Gasteiger partial charge in [-0.2, -0.15) is 0 Å². The van der Waals surface area contributed by atoms with Gasteiger partial charge in [0.05, 0.1) is 18.8 Å². The van der Waals surface area contributed by atoms with Crippen LogP contribution in [0.4, 0.5) is 5.69 Å². The van der Waals surface area contributed by atoms with Crippen LogP contribution in [-0.4, -0.2) is 55.0 Å². The van der Waals surface area contributed by atoms with E-state index in [0.29, 0.717) is 16.6 Å². The van der Waals surface area contributed by atoms with Gasteiger partial charge in [0.2, 0.25) is 0 Å². The van der Waals surface area contributed by atoms with Crippen LogP contribution in [0, 0.1) is 0 Å². The molecule has 2 N–H and O–H groups in total. The summed E-state index contributed by atoms with van der Waals surface area (Å²) >= 11 is 12.8. The standard InChI is InChI=1S/C22H25Cl2N3O2/c23-14-9-19-18(20(24)10-14)11-21(26-7-5-16(28)12-26)22(19)29-17-3-1-15(2-4-17)27-8-6-25-13-27/h1-4,9-10,16,21-22,25,28H,5-8,11-13H2/t16-,21+,22+/m1/s1. The average Bonchev–Trinajstić information content (AvgIpc) is 3.44. The number of β-amino-alcohol motifs (C(OH)–C–C–N with tert-alkyl or cyclic N) is 1. The Kier molecular flexibility index (Phi) is 5.35. The van der Waals surface area contributed by atoms with Crippen molar-refractivity contribution in [2.24, 2.45) is 0 Å². The number of aliphatic hydroxyl groups excluding tert-OH is 1. The van der Waals surface area contributed by atoms with Gasteiger partial charge in [-0.1, -0.05) is 23.2 Å². The topological polar surface area (TPSA) is 48.0 Å². The van der Waals surface area contributed by atoms with Crippen LogP contribution in [0.5, 0.6) is 5.75 Å². The minimum Gasteiger partial charge on any atom is -0.484 e. The summed E-state index contributed by atoms with van der Waals surface area (Å²) in [5, 5.41) is 14.7. The normalized spacial score (nSPS) is 26.9. The molecule has 5 rings (SSSR count). The minimum absolute atomic E-state index is 0.139. The molecular weight excluding hydrogens is 409 g/mol. The Morgan fingerprint density at radius 3 is 2.62 bits per heavy atom. The molecular formula is C22H25Cl2N3O2. The summed E-state index contributed by atoms with van der Waals surface area (Å²) in [7, 11) is 0. The Bertz CT molecular complexity index is 886. The molecule has 2 heterocycles. The summed E-state index contributed by atoms with van der Waals surface area (Å²) in [5.41, 5.74) is 3.36. The third-order valence-corrected chi connectivity index (χ3v) is 6.81. The quantitative estimate of drug-likeness (QED) is 0.772. The zero-order valence-electron chi connectivity index (χ0n) is 16.2. The Labute approximate surface area is 181 Å². The van der Waals surface area contributed by atoms with Crippen LogP contribution < -0.4 is 15.0 Å². The van der Waals surface area contributed by atoms with Gasteiger partial charge in [-0.3, -0.25) is 10.2 Å². The monoisotopic (exact) mass is 433 g/mol. The van der Waals surface area contributed by atoms with Gasteiger partial charge in [-0.25, -0.2) is 0 Å². The highest BCUT2D eigenvalue weighted by Crippen LogP contribution is 2.43. The van der Waals surface area contributed by atoms with E-state index < -0.39 is 0 Å². The third kappa shape index (κ3) is 3.82. The first-order chi connectivity index (χ1) is 14.1. The predicted octanol–water partition coefficient (Wildman–Crippen LogP) is 3.47. The van der Waals surface area contributed by atoms with Crippen molar-refractivity contribution in [3.8, 4) is 5.75 Å². The molecule has 2 aliphatic heterocycles. The Morgan fingerprint density at radius 1 is 1.10 bits per heavy atom. The number of likely N-dealkylation sites (tertiary alicyclic amines) is 1. The Hall–Kier alpha value is -1.50. The summed E-state index contributed by atoms with van der Waals surface area (Å²) in [6.45, 7) is 4.46. The first kappa shape index (κ1) is 19.5. The van der Waals surface area contributed by atoms with Crippen molar-refractivity contribution >= 4 is 28.9 Å². The lowest BCUT2D eigenvalue weighted by Crippen LogP contribution is -2.39. The molecule has 0 radical (unpaired) electrons. The van der Waals surface area contributed by atoms with Crippen molar-refractivity contribution in [3.63, 3.8) is 0 Å². The number of aliphatic hydroxyl groups is 1. The van der Waals surface area contributed by atoms with Gasteiger partial charge in [0.1, 0.15) is 11.9 Å². The van der Waals surface area contributed by atoms with Crippen LogP contribution in [0.1, 0.15) is 23.7 Å². The maximum absolute atomic E-state index is 10.0. The van der Waals surface area contributed by atoms with Crippen LogP contribution >= 0.6 is 23.2 Å². The fourth-order valence-electron chi connectivity index (χ4n) is 4.76. The Balaban J connectivity index is 1.42. The highest BCUT2D eigenvalue weighted by Gasteiger charge is 2.41. The lowest BCUT2D eigenvalue weighted by molar-refractivity contribution is 0.0818. The highest BCUT2D eigenvalue weighted by molar-refractivity contribution is 6.35. The SMILES string of the molecule is O[C@@H]1CCN([C@H]2Cc3c(Cl)cc(Cl)cc3[C@@H]2Oc2ccc(N3CCNC3)cc2)C1. The number of halogens is 2. The Morgan fingerprint density at radius 2 is 1.93 bits per heavy atom. The van der Waals surface area contributed by atoms with Gasteiger partial charge < -0.3 is 14.7 Å². The molecule has 2 saturated heterocycles. The van der Waals surface area contributed by atoms with Gasteiger partial charge in [-0.05, 0) is 54.8 Å². The molecule has 0 bridgehead atoms. The zero-order valence-corrected chi connectivity index (χ0v) is 17.7. The van der Waals surface area contributed by atoms with Crippen LogP contribution in [0.25, 0.3) is 0 Å². The second kappa shape index (κ2) is 7.97. The van der Waals surface area contributed by atoms with Crippen LogP contribution in [0.3, 0.4) is 0 Å². The molecule has 0 spiro atoms. The smallest absolute Gasteiger partial charge is 0.140 e. The summed E-state index contributed by atoms with van der Waals surface area (Å²) < 4.78 is 6.51. The molecule has 2 aromatic carbocycles. The summed E-state index contributed by atoms with van der Waals surface area (Å²) in [6, 6.07) is 12.2. The van der Waals surface area contributed by atoms with Gasteiger partial charge in [0, 0.05) is 47.5 Å². The fourth-order valence-corrected chi connectivity index (χ4v) is 5.34. The van der Waals surface area contributed by atoms with Crippen LogP contribution in [0.2, 0.25) is 10.0 Å². The lowest BCUT2D eigenvalue weighted by atomic mass is 10.1. The van der Waals surface area contributed by atoms with Crippen molar-refractivity contribution in [3.05, 3.63) is 57.6 Å². The first-order valence-corrected chi connectivity index (χ1v) is 11.0. The molecule has 5 nitrogen and oxygen atoms in total. The average molecular weight is 434 g/mol. The summed E-state index contributed by atoms with van der Waals surface area (Å²) in [5.74, 6) is 0.833. The van der Waals surface area contributed by atoms with Crippen LogP contribution in [0.15, 0.2) is 36.4 Å². The van der Waals surface area contributed by atoms with E-state index in [4.69, 9.17) is 27.9 Å². The van der Waals surface area contributed by atoms with Crippen molar-refractivity contribution in [1.82, 2.24) is 10.2 Å². The van der Waals surface area contributed by atoms with Crippen molar-refractivity contribution in [1.29, 1.82) is 0 Å². The zero-order chi connectivity index (χ0) is 20.0. The second-order valence-corrected chi connectivity index (χ2v) is 8.96. The number of ether oxygens (including phenoxy) is 1. The number of nitrogens with one attached hydrogen (secondary N) is 1. The van der Waals surface area contributed by atoms with E-state index >= 15 is 0 Å². The molecule has 1 aliphatic carbocycles. The largest absolute Gasteiger partial charge is 0.484 e. The van der Waals surface area contributed by atoms with Crippen molar-refractivity contribution in [2.75, 3.05) is 37.7 Å².